The van der Waals surface area contributed by atoms with Gasteiger partial charge in [0, 0.05) is 21.9 Å². The molecule has 1 rings (SSSR count). The summed E-state index contributed by atoms with van der Waals surface area (Å²) in [6, 6.07) is 8.00. The Bertz CT molecular complexity index is 350. The van der Waals surface area contributed by atoms with E-state index in [0.29, 0.717) is 6.54 Å². The van der Waals surface area contributed by atoms with Crippen LogP contribution in [0.2, 0.25) is 0 Å². The Morgan fingerprint density at radius 3 is 2.53 bits per heavy atom. The van der Waals surface area contributed by atoms with Crippen molar-refractivity contribution in [1.82, 2.24) is 0 Å². The van der Waals surface area contributed by atoms with Crippen molar-refractivity contribution in [3.63, 3.8) is 0 Å². The van der Waals surface area contributed by atoms with E-state index in [-0.39, 0.29) is 11.4 Å². The number of benzene rings is 1. The number of rotatable bonds is 5. The molecular weight excluding hydrogens is 234 g/mol. The van der Waals surface area contributed by atoms with Crippen molar-refractivity contribution in [3.05, 3.63) is 24.3 Å². The number of para-hydroxylation sites is 1. The molecule has 1 unspecified atom stereocenters. The fraction of sp³-hybridized carbons (Fsp3) is 0.538. The van der Waals surface area contributed by atoms with E-state index >= 15 is 0 Å². The Labute approximate surface area is 107 Å². The third kappa shape index (κ3) is 5.44. The summed E-state index contributed by atoms with van der Waals surface area (Å²) in [7, 11) is 0. The van der Waals surface area contributed by atoms with Gasteiger partial charge in [0.1, 0.15) is 0 Å². The first-order valence-corrected chi connectivity index (χ1v) is 6.55. The van der Waals surface area contributed by atoms with Gasteiger partial charge in [-0.25, -0.2) is 0 Å². The van der Waals surface area contributed by atoms with Crippen LogP contribution in [0.3, 0.4) is 0 Å². The smallest absolute Gasteiger partial charge is 0.0942 e. The summed E-state index contributed by atoms with van der Waals surface area (Å²) < 4.78 is 0.146. The fourth-order valence-electron chi connectivity index (χ4n) is 1.32. The van der Waals surface area contributed by atoms with Crippen LogP contribution >= 0.6 is 11.8 Å². The SMILES string of the molecule is CC(C)(C)Sc1ccccc1NCC(O)CO. The molecule has 4 heteroatoms. The van der Waals surface area contributed by atoms with Crippen molar-refractivity contribution in [2.75, 3.05) is 18.5 Å². The fourth-order valence-corrected chi connectivity index (χ4v) is 2.38. The van der Waals surface area contributed by atoms with Gasteiger partial charge in [0.25, 0.3) is 0 Å². The first-order chi connectivity index (χ1) is 7.92. The van der Waals surface area contributed by atoms with Crippen LogP contribution < -0.4 is 5.32 Å². The maximum Gasteiger partial charge on any atom is 0.0942 e. The van der Waals surface area contributed by atoms with Gasteiger partial charge in [-0.1, -0.05) is 32.9 Å². The highest BCUT2D eigenvalue weighted by Crippen LogP contribution is 2.36. The first-order valence-electron chi connectivity index (χ1n) is 5.73. The van der Waals surface area contributed by atoms with E-state index in [1.54, 1.807) is 11.8 Å². The van der Waals surface area contributed by atoms with Crippen molar-refractivity contribution >= 4 is 17.4 Å². The summed E-state index contributed by atoms with van der Waals surface area (Å²) in [6.07, 6.45) is -0.720. The quantitative estimate of drug-likeness (QED) is 0.707. The second-order valence-corrected chi connectivity index (χ2v) is 6.80. The number of anilines is 1. The maximum atomic E-state index is 9.32. The number of aliphatic hydroxyl groups excluding tert-OH is 2. The maximum absolute atomic E-state index is 9.32. The van der Waals surface area contributed by atoms with Crippen LogP contribution in [0.4, 0.5) is 5.69 Å². The highest BCUT2D eigenvalue weighted by Gasteiger charge is 2.14. The van der Waals surface area contributed by atoms with Gasteiger partial charge in [0.15, 0.2) is 0 Å². The molecule has 0 aliphatic carbocycles. The predicted molar refractivity (Wildman–Crippen MR) is 73.6 cm³/mol. The Morgan fingerprint density at radius 2 is 1.94 bits per heavy atom. The van der Waals surface area contributed by atoms with Crippen molar-refractivity contribution < 1.29 is 10.2 Å². The van der Waals surface area contributed by atoms with Crippen LogP contribution in [0.15, 0.2) is 29.2 Å². The molecule has 0 aliphatic heterocycles. The van der Waals surface area contributed by atoms with Crippen LogP contribution in [0, 0.1) is 0 Å². The van der Waals surface area contributed by atoms with E-state index < -0.39 is 6.10 Å². The van der Waals surface area contributed by atoms with Crippen molar-refractivity contribution in [1.29, 1.82) is 0 Å². The lowest BCUT2D eigenvalue weighted by Gasteiger charge is -2.21. The van der Waals surface area contributed by atoms with Crippen LogP contribution in [0.1, 0.15) is 20.8 Å². The number of aliphatic hydroxyl groups is 2. The second kappa shape index (κ2) is 6.28. The van der Waals surface area contributed by atoms with E-state index in [0.717, 1.165) is 10.6 Å². The van der Waals surface area contributed by atoms with E-state index in [2.05, 4.69) is 32.2 Å². The largest absolute Gasteiger partial charge is 0.394 e. The molecule has 1 aromatic rings. The van der Waals surface area contributed by atoms with Gasteiger partial charge in [0.2, 0.25) is 0 Å². The van der Waals surface area contributed by atoms with Crippen molar-refractivity contribution in [3.8, 4) is 0 Å². The molecule has 0 radical (unpaired) electrons. The third-order valence-electron chi connectivity index (χ3n) is 2.04. The molecule has 1 atom stereocenters. The minimum atomic E-state index is -0.720. The van der Waals surface area contributed by atoms with Crippen molar-refractivity contribution in [2.24, 2.45) is 0 Å². The molecule has 0 aromatic heterocycles. The molecule has 0 heterocycles. The van der Waals surface area contributed by atoms with Gasteiger partial charge < -0.3 is 15.5 Å². The van der Waals surface area contributed by atoms with E-state index in [1.165, 1.54) is 0 Å². The van der Waals surface area contributed by atoms with Gasteiger partial charge in [-0.3, -0.25) is 0 Å². The van der Waals surface area contributed by atoms with E-state index in [1.807, 2.05) is 18.2 Å². The summed E-state index contributed by atoms with van der Waals surface area (Å²) in [6.45, 7) is 6.63. The van der Waals surface area contributed by atoms with Gasteiger partial charge in [-0.05, 0) is 12.1 Å². The molecule has 3 N–H and O–H groups in total. The van der Waals surface area contributed by atoms with Crippen LogP contribution in [-0.4, -0.2) is 34.2 Å². The summed E-state index contributed by atoms with van der Waals surface area (Å²) in [5.74, 6) is 0. The number of thioether (sulfide) groups is 1. The summed E-state index contributed by atoms with van der Waals surface area (Å²) in [5, 5.41) is 21.3. The molecular formula is C13H21NO2S. The third-order valence-corrected chi connectivity index (χ3v) is 3.23. The molecule has 3 nitrogen and oxygen atoms in total. The lowest BCUT2D eigenvalue weighted by Crippen LogP contribution is -2.23. The molecule has 96 valence electrons. The lowest BCUT2D eigenvalue weighted by atomic mass is 10.2. The second-order valence-electron chi connectivity index (χ2n) is 4.93. The van der Waals surface area contributed by atoms with Gasteiger partial charge in [-0.2, -0.15) is 0 Å². The summed E-state index contributed by atoms with van der Waals surface area (Å²) >= 11 is 1.78. The number of nitrogens with one attached hydrogen (secondary N) is 1. The molecule has 1 aromatic carbocycles. The molecule has 0 amide bonds. The van der Waals surface area contributed by atoms with E-state index in [4.69, 9.17) is 5.11 Å². The van der Waals surface area contributed by atoms with Gasteiger partial charge in [0.05, 0.1) is 12.7 Å². The topological polar surface area (TPSA) is 52.5 Å². The van der Waals surface area contributed by atoms with Crippen molar-refractivity contribution in [2.45, 2.75) is 36.5 Å². The average molecular weight is 255 g/mol. The molecule has 0 saturated heterocycles. The minimum absolute atomic E-state index is 0.146. The van der Waals surface area contributed by atoms with E-state index in [9.17, 15) is 5.11 Å². The minimum Gasteiger partial charge on any atom is -0.394 e. The first kappa shape index (κ1) is 14.4. The molecule has 0 fully saturated rings. The zero-order valence-corrected chi connectivity index (χ0v) is 11.4. The van der Waals surface area contributed by atoms with Gasteiger partial charge in [-0.15, -0.1) is 11.8 Å². The standard InChI is InChI=1S/C13H21NO2S/c1-13(2,3)17-12-7-5-4-6-11(12)14-8-10(16)9-15/h4-7,10,14-16H,8-9H2,1-3H3. The Balaban J connectivity index is 2.71. The zero-order valence-electron chi connectivity index (χ0n) is 10.6. The molecule has 0 spiro atoms. The Kier molecular flexibility index (Phi) is 5.31. The number of hydrogen-bond donors (Lipinski definition) is 3. The Morgan fingerprint density at radius 1 is 1.29 bits per heavy atom. The van der Waals surface area contributed by atoms with Gasteiger partial charge >= 0.3 is 0 Å². The Hall–Kier alpha value is -0.710. The van der Waals surface area contributed by atoms with Crippen LogP contribution in [0.5, 0.6) is 0 Å². The summed E-state index contributed by atoms with van der Waals surface area (Å²) in [4.78, 5) is 1.16. The molecule has 17 heavy (non-hydrogen) atoms. The van der Waals surface area contributed by atoms with Crippen LogP contribution in [0.25, 0.3) is 0 Å². The molecule has 0 saturated carbocycles. The average Bonchev–Trinajstić information content (AvgIpc) is 2.25. The predicted octanol–water partition coefficient (Wildman–Crippen LogP) is 2.34. The zero-order chi connectivity index (χ0) is 12.9. The monoisotopic (exact) mass is 255 g/mol. The highest BCUT2D eigenvalue weighted by molar-refractivity contribution is 8.00. The molecule has 0 aliphatic rings. The number of hydrogen-bond acceptors (Lipinski definition) is 4. The summed E-state index contributed by atoms with van der Waals surface area (Å²) in [5.41, 5.74) is 1.000. The normalized spacial score (nSPS) is 13.5. The molecule has 0 bridgehead atoms. The lowest BCUT2D eigenvalue weighted by molar-refractivity contribution is 0.105. The van der Waals surface area contributed by atoms with Crippen LogP contribution in [-0.2, 0) is 0 Å². The highest BCUT2D eigenvalue weighted by atomic mass is 32.2.